The first kappa shape index (κ1) is 28.2. The van der Waals surface area contributed by atoms with E-state index in [4.69, 9.17) is 4.74 Å². The number of rotatable bonds is 13. The molecule has 0 unspecified atom stereocenters. The van der Waals surface area contributed by atoms with Gasteiger partial charge in [0, 0.05) is 32.1 Å². The highest BCUT2D eigenvalue weighted by molar-refractivity contribution is 7.92. The van der Waals surface area contributed by atoms with Crippen LogP contribution < -0.4 is 14.4 Å². The van der Waals surface area contributed by atoms with Crippen LogP contribution in [0.25, 0.3) is 0 Å². The van der Waals surface area contributed by atoms with Crippen molar-refractivity contribution < 1.29 is 22.7 Å². The Morgan fingerprint density at radius 1 is 1.09 bits per heavy atom. The second kappa shape index (κ2) is 13.1. The SMILES string of the molecule is CCNC(=O)[C@@H](CC)N(Cc1ccccc1C)C(=O)CCCN(c1cccc(OC)c1)S(C)(=O)=O. The fraction of sp³-hybridized carbons (Fsp3) is 0.462. The molecule has 0 radical (unpaired) electrons. The van der Waals surface area contributed by atoms with Gasteiger partial charge in [-0.25, -0.2) is 8.42 Å². The van der Waals surface area contributed by atoms with Crippen molar-refractivity contribution in [3.63, 3.8) is 0 Å². The number of carbonyl (C=O) groups is 2. The molecule has 8 nitrogen and oxygen atoms in total. The summed E-state index contributed by atoms with van der Waals surface area (Å²) in [5.74, 6) is 0.167. The highest BCUT2D eigenvalue weighted by Crippen LogP contribution is 2.24. The Morgan fingerprint density at radius 3 is 2.40 bits per heavy atom. The topological polar surface area (TPSA) is 96.0 Å². The fourth-order valence-corrected chi connectivity index (χ4v) is 4.91. The van der Waals surface area contributed by atoms with Crippen LogP contribution in [0.4, 0.5) is 5.69 Å². The summed E-state index contributed by atoms with van der Waals surface area (Å²) >= 11 is 0. The van der Waals surface area contributed by atoms with E-state index in [1.807, 2.05) is 45.0 Å². The highest BCUT2D eigenvalue weighted by Gasteiger charge is 2.29. The monoisotopic (exact) mass is 503 g/mol. The minimum Gasteiger partial charge on any atom is -0.497 e. The zero-order valence-corrected chi connectivity index (χ0v) is 22.1. The Balaban J connectivity index is 2.22. The zero-order valence-electron chi connectivity index (χ0n) is 21.3. The number of hydrogen-bond donors (Lipinski definition) is 1. The molecule has 0 saturated heterocycles. The molecule has 192 valence electrons. The minimum absolute atomic E-state index is 0.109. The van der Waals surface area contributed by atoms with Crippen LogP contribution in [0, 0.1) is 6.92 Å². The van der Waals surface area contributed by atoms with Crippen LogP contribution in [-0.4, -0.2) is 57.6 Å². The standard InChI is InChI=1S/C26H37N3O5S/c1-6-24(26(31)27-7-2)28(19-21-13-9-8-12-20(21)3)25(30)16-11-17-29(35(5,32)33)22-14-10-15-23(18-22)34-4/h8-10,12-15,18,24H,6-7,11,16-17,19H2,1-5H3,(H,27,31)/t24-/m1/s1. The van der Waals surface area contributed by atoms with Crippen molar-refractivity contribution in [2.75, 3.05) is 30.8 Å². The summed E-state index contributed by atoms with van der Waals surface area (Å²) in [5, 5.41) is 2.83. The molecule has 0 bridgehead atoms. The van der Waals surface area contributed by atoms with Crippen LogP contribution >= 0.6 is 0 Å². The molecule has 0 heterocycles. The van der Waals surface area contributed by atoms with Gasteiger partial charge in [0.15, 0.2) is 0 Å². The van der Waals surface area contributed by atoms with E-state index in [1.165, 1.54) is 11.4 Å². The van der Waals surface area contributed by atoms with Gasteiger partial charge in [-0.15, -0.1) is 0 Å². The molecular formula is C26H37N3O5S. The van der Waals surface area contributed by atoms with Gasteiger partial charge in [-0.1, -0.05) is 37.3 Å². The van der Waals surface area contributed by atoms with E-state index >= 15 is 0 Å². The molecule has 0 aliphatic carbocycles. The number of amides is 2. The molecule has 2 rings (SSSR count). The molecule has 2 aromatic rings. The van der Waals surface area contributed by atoms with Gasteiger partial charge >= 0.3 is 0 Å². The van der Waals surface area contributed by atoms with E-state index in [9.17, 15) is 18.0 Å². The van der Waals surface area contributed by atoms with E-state index in [-0.39, 0.29) is 24.8 Å². The van der Waals surface area contributed by atoms with Crippen molar-refractivity contribution in [2.45, 2.75) is 52.6 Å². The molecule has 0 saturated carbocycles. The molecule has 2 amide bonds. The lowest BCUT2D eigenvalue weighted by molar-refractivity contribution is -0.141. The van der Waals surface area contributed by atoms with Gasteiger partial charge < -0.3 is 15.0 Å². The Bertz CT molecular complexity index is 1100. The van der Waals surface area contributed by atoms with Gasteiger partial charge in [-0.2, -0.15) is 0 Å². The number of likely N-dealkylation sites (N-methyl/N-ethyl adjacent to an activating group) is 1. The van der Waals surface area contributed by atoms with Gasteiger partial charge in [-0.3, -0.25) is 13.9 Å². The first-order chi connectivity index (χ1) is 16.6. The highest BCUT2D eigenvalue weighted by atomic mass is 32.2. The minimum atomic E-state index is -3.57. The summed E-state index contributed by atoms with van der Waals surface area (Å²) in [6.45, 7) is 6.62. The summed E-state index contributed by atoms with van der Waals surface area (Å²) in [6.07, 6.45) is 2.03. The predicted octanol–water partition coefficient (Wildman–Crippen LogP) is 3.49. The van der Waals surface area contributed by atoms with Crippen LogP contribution in [0.5, 0.6) is 5.75 Å². The Kier molecular flexibility index (Phi) is 10.6. The predicted molar refractivity (Wildman–Crippen MR) is 139 cm³/mol. The maximum atomic E-state index is 13.4. The average molecular weight is 504 g/mol. The largest absolute Gasteiger partial charge is 0.497 e. The molecule has 0 fully saturated rings. The number of nitrogens with zero attached hydrogens (tertiary/aromatic N) is 2. The summed E-state index contributed by atoms with van der Waals surface area (Å²) in [5.41, 5.74) is 2.49. The lowest BCUT2D eigenvalue weighted by Gasteiger charge is -2.31. The van der Waals surface area contributed by atoms with Crippen LogP contribution in [-0.2, 0) is 26.2 Å². The Labute approximate surface area is 209 Å². The molecule has 9 heteroatoms. The second-order valence-corrected chi connectivity index (χ2v) is 10.3. The number of ether oxygens (including phenoxy) is 1. The number of benzene rings is 2. The lowest BCUT2D eigenvalue weighted by Crippen LogP contribution is -2.49. The zero-order chi connectivity index (χ0) is 26.0. The summed E-state index contributed by atoms with van der Waals surface area (Å²) in [4.78, 5) is 27.8. The van der Waals surface area contributed by atoms with Gasteiger partial charge in [0.1, 0.15) is 11.8 Å². The van der Waals surface area contributed by atoms with E-state index in [1.54, 1.807) is 29.2 Å². The number of anilines is 1. The first-order valence-corrected chi connectivity index (χ1v) is 13.7. The molecule has 0 aliphatic heterocycles. The fourth-order valence-electron chi connectivity index (χ4n) is 3.95. The van der Waals surface area contributed by atoms with E-state index in [2.05, 4.69) is 5.32 Å². The van der Waals surface area contributed by atoms with Crippen LogP contribution in [0.2, 0.25) is 0 Å². The molecule has 0 aromatic heterocycles. The van der Waals surface area contributed by atoms with Crippen molar-refractivity contribution in [2.24, 2.45) is 0 Å². The van der Waals surface area contributed by atoms with Gasteiger partial charge in [0.25, 0.3) is 0 Å². The molecule has 0 spiro atoms. The van der Waals surface area contributed by atoms with Gasteiger partial charge in [0.2, 0.25) is 21.8 Å². The van der Waals surface area contributed by atoms with Crippen LogP contribution in [0.3, 0.4) is 0 Å². The number of aryl methyl sites for hydroxylation is 1. The molecule has 35 heavy (non-hydrogen) atoms. The Hall–Kier alpha value is -3.07. The molecule has 1 N–H and O–H groups in total. The third kappa shape index (κ3) is 7.99. The van der Waals surface area contributed by atoms with Crippen molar-refractivity contribution in [3.8, 4) is 5.75 Å². The lowest BCUT2D eigenvalue weighted by atomic mass is 10.1. The van der Waals surface area contributed by atoms with Crippen molar-refractivity contribution in [1.29, 1.82) is 0 Å². The third-order valence-corrected chi connectivity index (χ3v) is 7.03. The molecule has 1 atom stereocenters. The number of sulfonamides is 1. The van der Waals surface area contributed by atoms with Gasteiger partial charge in [0.05, 0.1) is 19.1 Å². The molecule has 2 aromatic carbocycles. The summed E-state index contributed by atoms with van der Waals surface area (Å²) in [7, 11) is -2.05. The third-order valence-electron chi connectivity index (χ3n) is 5.83. The maximum Gasteiger partial charge on any atom is 0.242 e. The number of methoxy groups -OCH3 is 1. The van der Waals surface area contributed by atoms with Crippen molar-refractivity contribution in [3.05, 3.63) is 59.7 Å². The second-order valence-electron chi connectivity index (χ2n) is 8.41. The molecule has 0 aliphatic rings. The normalized spacial score (nSPS) is 12.0. The quantitative estimate of drug-likeness (QED) is 0.451. The van der Waals surface area contributed by atoms with E-state index < -0.39 is 16.1 Å². The van der Waals surface area contributed by atoms with Crippen LogP contribution in [0.15, 0.2) is 48.5 Å². The van der Waals surface area contributed by atoms with Gasteiger partial charge in [-0.05, 0) is 49.9 Å². The van der Waals surface area contributed by atoms with E-state index in [0.29, 0.717) is 37.4 Å². The first-order valence-electron chi connectivity index (χ1n) is 11.9. The summed E-state index contributed by atoms with van der Waals surface area (Å²) in [6, 6.07) is 14.0. The number of carbonyl (C=O) groups excluding carboxylic acids is 2. The van der Waals surface area contributed by atoms with Crippen molar-refractivity contribution in [1.82, 2.24) is 10.2 Å². The van der Waals surface area contributed by atoms with Crippen molar-refractivity contribution >= 4 is 27.5 Å². The smallest absolute Gasteiger partial charge is 0.242 e. The maximum absolute atomic E-state index is 13.4. The molecular weight excluding hydrogens is 466 g/mol. The number of hydrogen-bond acceptors (Lipinski definition) is 5. The van der Waals surface area contributed by atoms with Crippen LogP contribution in [0.1, 0.15) is 44.2 Å². The average Bonchev–Trinajstić information content (AvgIpc) is 2.82. The summed E-state index contributed by atoms with van der Waals surface area (Å²) < 4.78 is 31.4. The Morgan fingerprint density at radius 2 is 1.80 bits per heavy atom. The number of nitrogens with one attached hydrogen (secondary N) is 1. The van der Waals surface area contributed by atoms with E-state index in [0.717, 1.165) is 17.4 Å².